The monoisotopic (exact) mass is 364 g/mol. The van der Waals surface area contributed by atoms with Crippen molar-refractivity contribution in [2.45, 2.75) is 44.7 Å². The minimum atomic E-state index is 0.0914. The van der Waals surface area contributed by atoms with E-state index in [2.05, 4.69) is 58.6 Å². The Kier molecular flexibility index (Phi) is 3.89. The Hall–Kier alpha value is -2.07. The molecule has 2 fully saturated rings. The number of aromatic nitrogens is 1. The molecule has 0 saturated heterocycles. The second-order valence-electron chi connectivity index (χ2n) is 7.92. The number of carbonyl (C=O) groups is 1. The van der Waals surface area contributed by atoms with Gasteiger partial charge in [0, 0.05) is 11.4 Å². The molecular formula is C22H24N2OS. The molecule has 3 aromatic rings. The van der Waals surface area contributed by atoms with Gasteiger partial charge in [-0.05, 0) is 61.1 Å². The summed E-state index contributed by atoms with van der Waals surface area (Å²) in [7, 11) is 0. The van der Waals surface area contributed by atoms with Crippen molar-refractivity contribution in [2.75, 3.05) is 0 Å². The SMILES string of the molecule is C[C@@H](c1ccccc1)n1c(C(=O)N[C@H]2C[C@H]3CC[C@H]2C3)cc2ccsc21. The lowest BCUT2D eigenvalue weighted by molar-refractivity contribution is 0.0913. The van der Waals surface area contributed by atoms with E-state index in [1.165, 1.54) is 36.1 Å². The number of rotatable bonds is 4. The highest BCUT2D eigenvalue weighted by Gasteiger charge is 2.40. The molecule has 26 heavy (non-hydrogen) atoms. The maximum absolute atomic E-state index is 13.2. The van der Waals surface area contributed by atoms with Gasteiger partial charge in [-0.25, -0.2) is 0 Å². The number of carbonyl (C=O) groups excluding carboxylic acids is 1. The maximum atomic E-state index is 13.2. The van der Waals surface area contributed by atoms with Crippen molar-refractivity contribution < 1.29 is 4.79 Å². The molecule has 4 atom stereocenters. The molecule has 134 valence electrons. The van der Waals surface area contributed by atoms with Crippen molar-refractivity contribution in [2.24, 2.45) is 11.8 Å². The highest BCUT2D eigenvalue weighted by molar-refractivity contribution is 7.16. The van der Waals surface area contributed by atoms with E-state index in [0.717, 1.165) is 17.0 Å². The molecule has 0 spiro atoms. The van der Waals surface area contributed by atoms with Crippen LogP contribution < -0.4 is 5.32 Å². The van der Waals surface area contributed by atoms with Crippen LogP contribution in [-0.4, -0.2) is 16.5 Å². The highest BCUT2D eigenvalue weighted by atomic mass is 32.1. The van der Waals surface area contributed by atoms with E-state index >= 15 is 0 Å². The first-order valence-electron chi connectivity index (χ1n) is 9.65. The minimum Gasteiger partial charge on any atom is -0.348 e. The molecule has 4 heteroatoms. The van der Waals surface area contributed by atoms with Crippen LogP contribution in [0, 0.1) is 11.8 Å². The van der Waals surface area contributed by atoms with Gasteiger partial charge in [0.15, 0.2) is 0 Å². The van der Waals surface area contributed by atoms with Crippen LogP contribution in [0.15, 0.2) is 47.8 Å². The van der Waals surface area contributed by atoms with E-state index in [1.54, 1.807) is 11.3 Å². The number of hydrogen-bond acceptors (Lipinski definition) is 2. The summed E-state index contributed by atoms with van der Waals surface area (Å²) in [6.45, 7) is 2.18. The van der Waals surface area contributed by atoms with Crippen LogP contribution in [0.25, 0.3) is 10.2 Å². The van der Waals surface area contributed by atoms with Crippen LogP contribution in [0.3, 0.4) is 0 Å². The van der Waals surface area contributed by atoms with Gasteiger partial charge < -0.3 is 9.88 Å². The molecule has 1 N–H and O–H groups in total. The van der Waals surface area contributed by atoms with Gasteiger partial charge in [-0.3, -0.25) is 4.79 Å². The van der Waals surface area contributed by atoms with Crippen LogP contribution in [0.4, 0.5) is 0 Å². The van der Waals surface area contributed by atoms with Crippen LogP contribution in [0.5, 0.6) is 0 Å². The Balaban J connectivity index is 1.49. The van der Waals surface area contributed by atoms with Crippen LogP contribution in [0.1, 0.15) is 54.7 Å². The molecule has 3 nitrogen and oxygen atoms in total. The summed E-state index contributed by atoms with van der Waals surface area (Å²) in [6.07, 6.45) is 5.11. The number of amides is 1. The lowest BCUT2D eigenvalue weighted by Crippen LogP contribution is -2.39. The number of fused-ring (bicyclic) bond motifs is 3. The average molecular weight is 365 g/mol. The average Bonchev–Trinajstić information content (AvgIpc) is 3.42. The molecule has 2 bridgehead atoms. The first-order valence-corrected chi connectivity index (χ1v) is 10.5. The van der Waals surface area contributed by atoms with Crippen molar-refractivity contribution in [3.8, 4) is 0 Å². The normalized spacial score (nSPS) is 25.7. The van der Waals surface area contributed by atoms with Gasteiger partial charge in [0.1, 0.15) is 10.5 Å². The minimum absolute atomic E-state index is 0.0914. The summed E-state index contributed by atoms with van der Waals surface area (Å²) >= 11 is 1.71. The van der Waals surface area contributed by atoms with Gasteiger partial charge in [-0.1, -0.05) is 36.8 Å². The largest absolute Gasteiger partial charge is 0.348 e. The third kappa shape index (κ3) is 2.59. The quantitative estimate of drug-likeness (QED) is 0.676. The lowest BCUT2D eigenvalue weighted by atomic mass is 9.95. The van der Waals surface area contributed by atoms with Gasteiger partial charge in [0.05, 0.1) is 6.04 Å². The van der Waals surface area contributed by atoms with Crippen LogP contribution >= 0.6 is 11.3 Å². The molecule has 2 aromatic heterocycles. The van der Waals surface area contributed by atoms with Gasteiger partial charge >= 0.3 is 0 Å². The van der Waals surface area contributed by atoms with Crippen LogP contribution in [-0.2, 0) is 0 Å². The summed E-state index contributed by atoms with van der Waals surface area (Å²) in [5.74, 6) is 1.62. The molecular weight excluding hydrogens is 340 g/mol. The molecule has 0 aliphatic heterocycles. The first kappa shape index (κ1) is 16.1. The second kappa shape index (κ2) is 6.27. The molecule has 1 aromatic carbocycles. The van der Waals surface area contributed by atoms with Crippen molar-refractivity contribution in [3.05, 3.63) is 59.1 Å². The number of thiophene rings is 1. The van der Waals surface area contributed by atoms with Crippen molar-refractivity contribution in [1.82, 2.24) is 9.88 Å². The zero-order chi connectivity index (χ0) is 17.7. The number of nitrogens with zero attached hydrogens (tertiary/aromatic N) is 1. The summed E-state index contributed by atoms with van der Waals surface area (Å²) in [5, 5.41) is 6.64. The van der Waals surface area contributed by atoms with Crippen LogP contribution in [0.2, 0.25) is 0 Å². The second-order valence-corrected chi connectivity index (χ2v) is 8.82. The van der Waals surface area contributed by atoms with Crippen molar-refractivity contribution >= 4 is 27.5 Å². The van der Waals surface area contributed by atoms with E-state index in [9.17, 15) is 4.79 Å². The molecule has 2 saturated carbocycles. The molecule has 2 aliphatic rings. The lowest BCUT2D eigenvalue weighted by Gasteiger charge is -2.24. The topological polar surface area (TPSA) is 34.0 Å². The van der Waals surface area contributed by atoms with E-state index < -0.39 is 0 Å². The van der Waals surface area contributed by atoms with Gasteiger partial charge in [-0.15, -0.1) is 11.3 Å². The Morgan fingerprint density at radius 1 is 1.19 bits per heavy atom. The fraction of sp³-hybridized carbons (Fsp3) is 0.409. The van der Waals surface area contributed by atoms with Crippen molar-refractivity contribution in [1.29, 1.82) is 0 Å². The molecule has 1 amide bonds. The van der Waals surface area contributed by atoms with Gasteiger partial charge in [0.25, 0.3) is 5.91 Å². The highest BCUT2D eigenvalue weighted by Crippen LogP contribution is 2.44. The number of benzene rings is 1. The third-order valence-corrected chi connectivity index (χ3v) is 7.33. The van der Waals surface area contributed by atoms with E-state index in [1.807, 2.05) is 6.07 Å². The Labute approximate surface area is 158 Å². The predicted octanol–water partition coefficient (Wildman–Crippen LogP) is 5.23. The summed E-state index contributed by atoms with van der Waals surface area (Å²) < 4.78 is 2.22. The third-order valence-electron chi connectivity index (χ3n) is 6.40. The van der Waals surface area contributed by atoms with Crippen molar-refractivity contribution in [3.63, 3.8) is 0 Å². The maximum Gasteiger partial charge on any atom is 0.268 e. The Morgan fingerprint density at radius 2 is 2.04 bits per heavy atom. The first-order chi connectivity index (χ1) is 12.7. The molecule has 0 unspecified atom stereocenters. The van der Waals surface area contributed by atoms with E-state index in [4.69, 9.17) is 0 Å². The zero-order valence-corrected chi connectivity index (χ0v) is 15.8. The number of hydrogen-bond donors (Lipinski definition) is 1. The molecule has 5 rings (SSSR count). The van der Waals surface area contributed by atoms with E-state index in [0.29, 0.717) is 12.0 Å². The summed E-state index contributed by atoms with van der Waals surface area (Å²) in [5.41, 5.74) is 2.03. The predicted molar refractivity (Wildman–Crippen MR) is 107 cm³/mol. The summed E-state index contributed by atoms with van der Waals surface area (Å²) in [4.78, 5) is 14.4. The van der Waals surface area contributed by atoms with E-state index in [-0.39, 0.29) is 11.9 Å². The Bertz CT molecular complexity index is 942. The molecule has 2 heterocycles. The van der Waals surface area contributed by atoms with Gasteiger partial charge in [0.2, 0.25) is 0 Å². The smallest absolute Gasteiger partial charge is 0.268 e. The summed E-state index contributed by atoms with van der Waals surface area (Å²) in [6, 6.07) is 15.1. The fourth-order valence-electron chi connectivity index (χ4n) is 5.05. The Morgan fingerprint density at radius 3 is 2.77 bits per heavy atom. The number of nitrogens with one attached hydrogen (secondary N) is 1. The zero-order valence-electron chi connectivity index (χ0n) is 15.0. The molecule has 0 radical (unpaired) electrons. The molecule has 2 aliphatic carbocycles. The fourth-order valence-corrected chi connectivity index (χ4v) is 6.02. The van der Waals surface area contributed by atoms with Gasteiger partial charge in [-0.2, -0.15) is 0 Å². The standard InChI is InChI=1S/C22H24N2OS/c1-14(16-5-3-2-4-6-16)24-20(13-18-9-10-26-22(18)24)21(25)23-19-12-15-7-8-17(19)11-15/h2-6,9-10,13-15,17,19H,7-8,11-12H2,1H3,(H,23,25)/t14-,15-,17-,19-/m0/s1.